The standard InChI is InChI=1S/C17H26N4O/c1-20(16-6-7-16)17(18)19-12-14-2-4-15(5-3-14)13-21-8-10-22-11-9-21/h2-5,16H,6-13H2,1H3,(H2,18,19). The molecule has 5 heteroatoms. The zero-order valence-electron chi connectivity index (χ0n) is 13.4. The summed E-state index contributed by atoms with van der Waals surface area (Å²) in [5, 5.41) is 0. The van der Waals surface area contributed by atoms with E-state index in [2.05, 4.69) is 39.1 Å². The van der Waals surface area contributed by atoms with E-state index < -0.39 is 0 Å². The van der Waals surface area contributed by atoms with Crippen molar-refractivity contribution in [3.05, 3.63) is 35.4 Å². The van der Waals surface area contributed by atoms with Crippen LogP contribution in [0.5, 0.6) is 0 Å². The van der Waals surface area contributed by atoms with Gasteiger partial charge in [-0.1, -0.05) is 24.3 Å². The number of hydrogen-bond donors (Lipinski definition) is 1. The van der Waals surface area contributed by atoms with Crippen molar-refractivity contribution in [1.29, 1.82) is 0 Å². The topological polar surface area (TPSA) is 54.1 Å². The highest BCUT2D eigenvalue weighted by atomic mass is 16.5. The van der Waals surface area contributed by atoms with Crippen molar-refractivity contribution in [3.63, 3.8) is 0 Å². The summed E-state index contributed by atoms with van der Waals surface area (Å²) in [4.78, 5) is 9.01. The summed E-state index contributed by atoms with van der Waals surface area (Å²) in [6, 6.07) is 9.31. The van der Waals surface area contributed by atoms with Gasteiger partial charge in [0.2, 0.25) is 0 Å². The maximum absolute atomic E-state index is 6.02. The van der Waals surface area contributed by atoms with Crippen LogP contribution < -0.4 is 5.73 Å². The maximum atomic E-state index is 6.02. The Morgan fingerprint density at radius 2 is 1.86 bits per heavy atom. The Kier molecular flexibility index (Phi) is 4.95. The van der Waals surface area contributed by atoms with Crippen molar-refractivity contribution in [1.82, 2.24) is 9.80 Å². The third kappa shape index (κ3) is 4.21. The Balaban J connectivity index is 1.51. The van der Waals surface area contributed by atoms with Gasteiger partial charge >= 0.3 is 0 Å². The minimum Gasteiger partial charge on any atom is -0.379 e. The van der Waals surface area contributed by atoms with Gasteiger partial charge in [-0.15, -0.1) is 0 Å². The zero-order valence-corrected chi connectivity index (χ0v) is 13.4. The summed E-state index contributed by atoms with van der Waals surface area (Å²) in [5.74, 6) is 0.653. The van der Waals surface area contributed by atoms with Gasteiger partial charge in [-0.3, -0.25) is 4.90 Å². The van der Waals surface area contributed by atoms with Crippen molar-refractivity contribution in [3.8, 4) is 0 Å². The first-order chi connectivity index (χ1) is 10.7. The molecule has 0 unspecified atom stereocenters. The molecule has 0 bridgehead atoms. The number of rotatable bonds is 5. The number of aliphatic imine (C=N–C) groups is 1. The minimum absolute atomic E-state index is 0.611. The molecule has 22 heavy (non-hydrogen) atoms. The van der Waals surface area contributed by atoms with Crippen LogP contribution >= 0.6 is 0 Å². The van der Waals surface area contributed by atoms with E-state index in [9.17, 15) is 0 Å². The number of nitrogens with two attached hydrogens (primary N) is 1. The summed E-state index contributed by atoms with van der Waals surface area (Å²) < 4.78 is 5.38. The summed E-state index contributed by atoms with van der Waals surface area (Å²) in [6.45, 7) is 5.40. The van der Waals surface area contributed by atoms with Crippen LogP contribution in [0.25, 0.3) is 0 Å². The van der Waals surface area contributed by atoms with E-state index in [1.165, 1.54) is 24.0 Å². The lowest BCUT2D eigenvalue weighted by atomic mass is 10.1. The van der Waals surface area contributed by atoms with Gasteiger partial charge in [0, 0.05) is 32.7 Å². The van der Waals surface area contributed by atoms with E-state index in [4.69, 9.17) is 10.5 Å². The van der Waals surface area contributed by atoms with Crippen molar-refractivity contribution >= 4 is 5.96 Å². The van der Waals surface area contributed by atoms with E-state index in [1.54, 1.807) is 0 Å². The third-order valence-electron chi connectivity index (χ3n) is 4.41. The fourth-order valence-electron chi connectivity index (χ4n) is 2.70. The molecular formula is C17H26N4O. The molecule has 2 fully saturated rings. The lowest BCUT2D eigenvalue weighted by Crippen LogP contribution is -2.35. The molecule has 0 spiro atoms. The molecule has 2 N–H and O–H groups in total. The summed E-state index contributed by atoms with van der Waals surface area (Å²) in [6.07, 6.45) is 2.48. The Morgan fingerprint density at radius 1 is 1.23 bits per heavy atom. The summed E-state index contributed by atoms with van der Waals surface area (Å²) in [5.41, 5.74) is 8.57. The Labute approximate surface area is 132 Å². The predicted molar refractivity (Wildman–Crippen MR) is 88.6 cm³/mol. The molecular weight excluding hydrogens is 276 g/mol. The lowest BCUT2D eigenvalue weighted by molar-refractivity contribution is 0.0342. The van der Waals surface area contributed by atoms with E-state index in [1.807, 2.05) is 7.05 Å². The van der Waals surface area contributed by atoms with Crippen LogP contribution in [-0.2, 0) is 17.8 Å². The molecule has 5 nitrogen and oxygen atoms in total. The van der Waals surface area contributed by atoms with Crippen LogP contribution in [0, 0.1) is 0 Å². The molecule has 1 saturated carbocycles. The number of morpholine rings is 1. The molecule has 1 aromatic rings. The summed E-state index contributed by atoms with van der Waals surface area (Å²) >= 11 is 0. The van der Waals surface area contributed by atoms with E-state index in [0.717, 1.165) is 32.8 Å². The average molecular weight is 302 g/mol. The van der Waals surface area contributed by atoms with Crippen LogP contribution in [0.4, 0.5) is 0 Å². The number of nitrogens with zero attached hydrogens (tertiary/aromatic N) is 3. The van der Waals surface area contributed by atoms with E-state index >= 15 is 0 Å². The van der Waals surface area contributed by atoms with Gasteiger partial charge in [0.05, 0.1) is 19.8 Å². The van der Waals surface area contributed by atoms with Crippen molar-refractivity contribution in [2.24, 2.45) is 10.7 Å². The highest BCUT2D eigenvalue weighted by molar-refractivity contribution is 5.78. The fourth-order valence-corrected chi connectivity index (χ4v) is 2.70. The number of hydrogen-bond acceptors (Lipinski definition) is 3. The number of benzene rings is 1. The second kappa shape index (κ2) is 7.11. The Bertz CT molecular complexity index is 504. The molecule has 0 amide bonds. The van der Waals surface area contributed by atoms with Crippen LogP contribution in [-0.4, -0.2) is 55.2 Å². The van der Waals surface area contributed by atoms with Gasteiger partial charge in [-0.25, -0.2) is 4.99 Å². The van der Waals surface area contributed by atoms with Gasteiger partial charge in [-0.05, 0) is 24.0 Å². The normalized spacial score (nSPS) is 20.1. The number of guanidine groups is 1. The Morgan fingerprint density at radius 3 is 2.50 bits per heavy atom. The molecule has 1 aliphatic carbocycles. The lowest BCUT2D eigenvalue weighted by Gasteiger charge is -2.26. The predicted octanol–water partition coefficient (Wildman–Crippen LogP) is 1.43. The first-order valence-electron chi connectivity index (χ1n) is 8.13. The minimum atomic E-state index is 0.611. The van der Waals surface area contributed by atoms with Gasteiger partial charge in [0.25, 0.3) is 0 Å². The van der Waals surface area contributed by atoms with Crippen LogP contribution in [0.2, 0.25) is 0 Å². The molecule has 0 aromatic heterocycles. The van der Waals surface area contributed by atoms with Crippen LogP contribution in [0.1, 0.15) is 24.0 Å². The van der Waals surface area contributed by atoms with E-state index in [0.29, 0.717) is 18.5 Å². The SMILES string of the molecule is CN(C(N)=NCc1ccc(CN2CCOCC2)cc1)C1CC1. The first kappa shape index (κ1) is 15.3. The zero-order chi connectivity index (χ0) is 15.4. The molecule has 120 valence electrons. The molecule has 1 aliphatic heterocycles. The molecule has 3 rings (SSSR count). The van der Waals surface area contributed by atoms with Crippen LogP contribution in [0.15, 0.2) is 29.3 Å². The second-order valence-electron chi connectivity index (χ2n) is 6.22. The Hall–Kier alpha value is -1.59. The first-order valence-corrected chi connectivity index (χ1v) is 8.13. The fraction of sp³-hybridized carbons (Fsp3) is 0.588. The molecule has 1 heterocycles. The molecule has 2 aliphatic rings. The van der Waals surface area contributed by atoms with Crippen LogP contribution in [0.3, 0.4) is 0 Å². The average Bonchev–Trinajstić information content (AvgIpc) is 3.39. The third-order valence-corrected chi connectivity index (χ3v) is 4.41. The van der Waals surface area contributed by atoms with Crippen molar-refractivity contribution < 1.29 is 4.74 Å². The van der Waals surface area contributed by atoms with Gasteiger partial charge < -0.3 is 15.4 Å². The highest BCUT2D eigenvalue weighted by Crippen LogP contribution is 2.24. The molecule has 1 saturated heterocycles. The van der Waals surface area contributed by atoms with Gasteiger partial charge in [-0.2, -0.15) is 0 Å². The number of ether oxygens (including phenoxy) is 1. The maximum Gasteiger partial charge on any atom is 0.191 e. The van der Waals surface area contributed by atoms with E-state index in [-0.39, 0.29) is 0 Å². The van der Waals surface area contributed by atoms with Gasteiger partial charge in [0.1, 0.15) is 0 Å². The molecule has 0 atom stereocenters. The largest absolute Gasteiger partial charge is 0.379 e. The quantitative estimate of drug-likeness (QED) is 0.660. The highest BCUT2D eigenvalue weighted by Gasteiger charge is 2.27. The second-order valence-corrected chi connectivity index (χ2v) is 6.22. The van der Waals surface area contributed by atoms with Crippen molar-refractivity contribution in [2.45, 2.75) is 32.0 Å². The smallest absolute Gasteiger partial charge is 0.191 e. The molecule has 0 radical (unpaired) electrons. The molecule has 1 aromatic carbocycles. The van der Waals surface area contributed by atoms with Gasteiger partial charge in [0.15, 0.2) is 5.96 Å². The van der Waals surface area contributed by atoms with Crippen molar-refractivity contribution in [2.75, 3.05) is 33.4 Å². The monoisotopic (exact) mass is 302 g/mol. The summed E-state index contributed by atoms with van der Waals surface area (Å²) in [7, 11) is 2.03.